The van der Waals surface area contributed by atoms with E-state index in [-0.39, 0.29) is 22.5 Å². The predicted octanol–water partition coefficient (Wildman–Crippen LogP) is 4.36. The number of rotatable bonds is 2. The Hall–Kier alpha value is -1.70. The smallest absolute Gasteiger partial charge is 0.483 e. The Balaban J connectivity index is 2.53. The molecule has 0 amide bonds. The van der Waals surface area contributed by atoms with Gasteiger partial charge in [-0.1, -0.05) is 26.8 Å². The van der Waals surface area contributed by atoms with Crippen LogP contribution in [0.4, 0.5) is 13.2 Å². The molecule has 2 rings (SSSR count). The van der Waals surface area contributed by atoms with E-state index in [0.717, 1.165) is 5.56 Å². The van der Waals surface area contributed by atoms with Gasteiger partial charge in [0.2, 0.25) is 0 Å². The molecule has 1 heterocycles. The van der Waals surface area contributed by atoms with Crippen molar-refractivity contribution in [2.45, 2.75) is 51.1 Å². The van der Waals surface area contributed by atoms with Crippen molar-refractivity contribution in [1.82, 2.24) is 0 Å². The SMILES string of the molecule is CC1(C)C=C(OS(=O)(=O)C(F)(F)F)c2ccc(C(C)(C)C)cc2O1. The molecule has 0 spiro atoms. The van der Waals surface area contributed by atoms with Crippen LogP contribution in [0, 0.1) is 0 Å². The lowest BCUT2D eigenvalue weighted by atomic mass is 9.85. The van der Waals surface area contributed by atoms with Gasteiger partial charge in [-0.25, -0.2) is 0 Å². The van der Waals surface area contributed by atoms with Gasteiger partial charge in [-0.05, 0) is 37.0 Å². The van der Waals surface area contributed by atoms with Crippen LogP contribution in [0.3, 0.4) is 0 Å². The van der Waals surface area contributed by atoms with Gasteiger partial charge in [0.05, 0.1) is 5.56 Å². The number of ether oxygens (including phenoxy) is 1. The summed E-state index contributed by atoms with van der Waals surface area (Å²) in [5.74, 6) is -0.110. The van der Waals surface area contributed by atoms with Gasteiger partial charge in [0, 0.05) is 6.08 Å². The lowest BCUT2D eigenvalue weighted by Gasteiger charge is -2.32. The van der Waals surface area contributed by atoms with E-state index in [1.165, 1.54) is 12.1 Å². The quantitative estimate of drug-likeness (QED) is 0.578. The largest absolute Gasteiger partial charge is 0.534 e. The Morgan fingerprint density at radius 2 is 1.71 bits per heavy atom. The molecule has 1 aromatic carbocycles. The number of hydrogen-bond donors (Lipinski definition) is 0. The molecule has 134 valence electrons. The molecule has 0 unspecified atom stereocenters. The van der Waals surface area contributed by atoms with E-state index < -0.39 is 21.2 Å². The van der Waals surface area contributed by atoms with Crippen LogP contribution >= 0.6 is 0 Å². The molecule has 8 heteroatoms. The van der Waals surface area contributed by atoms with Crippen molar-refractivity contribution in [1.29, 1.82) is 0 Å². The summed E-state index contributed by atoms with van der Waals surface area (Å²) < 4.78 is 70.6. The van der Waals surface area contributed by atoms with Crippen molar-refractivity contribution in [3.05, 3.63) is 35.4 Å². The number of halogens is 3. The fourth-order valence-corrected chi connectivity index (χ4v) is 2.69. The number of alkyl halides is 3. The van der Waals surface area contributed by atoms with E-state index in [9.17, 15) is 21.6 Å². The fraction of sp³-hybridized carbons (Fsp3) is 0.500. The first kappa shape index (κ1) is 18.6. The van der Waals surface area contributed by atoms with E-state index in [2.05, 4.69) is 4.18 Å². The highest BCUT2D eigenvalue weighted by Crippen LogP contribution is 2.41. The second-order valence-electron chi connectivity index (χ2n) is 7.16. The van der Waals surface area contributed by atoms with Gasteiger partial charge in [-0.3, -0.25) is 0 Å². The van der Waals surface area contributed by atoms with Crippen LogP contribution < -0.4 is 4.74 Å². The van der Waals surface area contributed by atoms with Crippen molar-refractivity contribution in [3.63, 3.8) is 0 Å². The van der Waals surface area contributed by atoms with Gasteiger partial charge in [0.25, 0.3) is 0 Å². The topological polar surface area (TPSA) is 52.6 Å². The van der Waals surface area contributed by atoms with Crippen LogP contribution in [-0.4, -0.2) is 19.5 Å². The normalized spacial score (nSPS) is 17.6. The molecular formula is C16H19F3O4S. The number of benzene rings is 1. The molecule has 1 aliphatic rings. The van der Waals surface area contributed by atoms with E-state index >= 15 is 0 Å². The van der Waals surface area contributed by atoms with Crippen molar-refractivity contribution in [2.75, 3.05) is 0 Å². The van der Waals surface area contributed by atoms with Crippen LogP contribution in [0.15, 0.2) is 24.3 Å². The zero-order chi connectivity index (χ0) is 18.6. The number of hydrogen-bond acceptors (Lipinski definition) is 4. The van der Waals surface area contributed by atoms with Crippen LogP contribution in [0.25, 0.3) is 5.76 Å². The lowest BCUT2D eigenvalue weighted by molar-refractivity contribution is -0.0510. The van der Waals surface area contributed by atoms with E-state index in [4.69, 9.17) is 4.74 Å². The number of fused-ring (bicyclic) bond motifs is 1. The highest BCUT2D eigenvalue weighted by Gasteiger charge is 2.49. The second kappa shape index (κ2) is 5.40. The summed E-state index contributed by atoms with van der Waals surface area (Å²) in [6.07, 6.45) is 1.22. The van der Waals surface area contributed by atoms with Crippen molar-refractivity contribution in [3.8, 4) is 5.75 Å². The summed E-state index contributed by atoms with van der Waals surface area (Å²) in [6, 6.07) is 4.90. The maximum Gasteiger partial charge on any atom is 0.534 e. The first-order valence-corrected chi connectivity index (χ1v) is 8.61. The minimum absolute atomic E-state index is 0.162. The first-order chi connectivity index (χ1) is 10.6. The maximum atomic E-state index is 12.6. The Kier molecular flexibility index (Phi) is 4.20. The lowest BCUT2D eigenvalue weighted by Crippen LogP contribution is -2.32. The van der Waals surface area contributed by atoms with E-state index in [1.54, 1.807) is 26.0 Å². The average molecular weight is 364 g/mol. The highest BCUT2D eigenvalue weighted by atomic mass is 32.2. The average Bonchev–Trinajstić information content (AvgIpc) is 2.33. The van der Waals surface area contributed by atoms with Gasteiger partial charge in [-0.15, -0.1) is 0 Å². The van der Waals surface area contributed by atoms with Crippen LogP contribution in [-0.2, 0) is 19.7 Å². The fourth-order valence-electron chi connectivity index (χ4n) is 2.22. The third kappa shape index (κ3) is 3.68. The molecular weight excluding hydrogens is 345 g/mol. The Morgan fingerprint density at radius 1 is 1.12 bits per heavy atom. The highest BCUT2D eigenvalue weighted by molar-refractivity contribution is 7.87. The van der Waals surface area contributed by atoms with E-state index in [0.29, 0.717) is 0 Å². The zero-order valence-electron chi connectivity index (χ0n) is 14.0. The minimum atomic E-state index is -5.75. The van der Waals surface area contributed by atoms with Gasteiger partial charge in [-0.2, -0.15) is 21.6 Å². The van der Waals surface area contributed by atoms with Crippen molar-refractivity contribution in [2.24, 2.45) is 0 Å². The molecule has 0 N–H and O–H groups in total. The Labute approximate surface area is 139 Å². The van der Waals surface area contributed by atoms with Crippen molar-refractivity contribution >= 4 is 15.9 Å². The second-order valence-corrected chi connectivity index (χ2v) is 8.70. The molecule has 0 saturated carbocycles. The van der Waals surface area contributed by atoms with Crippen LogP contribution in [0.1, 0.15) is 45.7 Å². The molecule has 0 aliphatic carbocycles. The van der Waals surface area contributed by atoms with Gasteiger partial charge < -0.3 is 8.92 Å². The first-order valence-electron chi connectivity index (χ1n) is 7.20. The molecule has 0 radical (unpaired) electrons. The molecule has 0 bridgehead atoms. The van der Waals surface area contributed by atoms with Crippen molar-refractivity contribution < 1.29 is 30.5 Å². The zero-order valence-corrected chi connectivity index (χ0v) is 14.8. The summed E-state index contributed by atoms with van der Waals surface area (Å²) in [5, 5.41) is 0. The summed E-state index contributed by atoms with van der Waals surface area (Å²) in [4.78, 5) is 0. The molecule has 4 nitrogen and oxygen atoms in total. The van der Waals surface area contributed by atoms with E-state index in [1.807, 2.05) is 20.8 Å². The Bertz CT molecular complexity index is 785. The molecule has 0 saturated heterocycles. The third-order valence-corrected chi connectivity index (χ3v) is 4.41. The molecule has 0 aromatic heterocycles. The molecule has 1 aliphatic heterocycles. The monoisotopic (exact) mass is 364 g/mol. The van der Waals surface area contributed by atoms with Gasteiger partial charge in [0.15, 0.2) is 5.76 Å². The molecule has 24 heavy (non-hydrogen) atoms. The van der Waals surface area contributed by atoms with Crippen LogP contribution in [0.2, 0.25) is 0 Å². The standard InChI is InChI=1S/C16H19F3O4S/c1-14(2,3)10-6-7-11-12(8-10)22-15(4,5)9-13(11)23-24(20,21)16(17,18)19/h6-9H,1-5H3. The molecule has 0 fully saturated rings. The van der Waals surface area contributed by atoms with Crippen LogP contribution in [0.5, 0.6) is 5.75 Å². The summed E-state index contributed by atoms with van der Waals surface area (Å²) >= 11 is 0. The Morgan fingerprint density at radius 3 is 2.21 bits per heavy atom. The molecule has 1 aromatic rings. The minimum Gasteiger partial charge on any atom is -0.483 e. The maximum absolute atomic E-state index is 12.6. The molecule has 0 atom stereocenters. The predicted molar refractivity (Wildman–Crippen MR) is 83.9 cm³/mol. The summed E-state index contributed by atoms with van der Waals surface area (Å²) in [7, 11) is -5.75. The van der Waals surface area contributed by atoms with Gasteiger partial charge >= 0.3 is 15.6 Å². The summed E-state index contributed by atoms with van der Waals surface area (Å²) in [5.41, 5.74) is -5.66. The van der Waals surface area contributed by atoms with Gasteiger partial charge in [0.1, 0.15) is 11.4 Å². The summed E-state index contributed by atoms with van der Waals surface area (Å²) in [6.45, 7) is 9.13. The third-order valence-electron chi connectivity index (χ3n) is 3.45.